The van der Waals surface area contributed by atoms with Crippen LogP contribution < -0.4 is 0 Å². The first-order valence-corrected chi connectivity index (χ1v) is 10.2. The van der Waals surface area contributed by atoms with Crippen molar-refractivity contribution in [1.29, 1.82) is 0 Å². The van der Waals surface area contributed by atoms with Crippen molar-refractivity contribution in [2.45, 2.75) is 43.9 Å². The van der Waals surface area contributed by atoms with Gasteiger partial charge >= 0.3 is 0 Å². The van der Waals surface area contributed by atoms with E-state index in [1.165, 1.54) is 12.1 Å². The smallest absolute Gasteiger partial charge is 0.132 e. The van der Waals surface area contributed by atoms with Gasteiger partial charge in [0.25, 0.3) is 0 Å². The molecule has 1 aliphatic carbocycles. The zero-order valence-corrected chi connectivity index (χ0v) is 16.9. The molecular weight excluding hydrogens is 431 g/mol. The van der Waals surface area contributed by atoms with Crippen molar-refractivity contribution < 1.29 is 13.2 Å². The number of alkyl halides is 1. The van der Waals surface area contributed by atoms with Gasteiger partial charge in [0.2, 0.25) is 0 Å². The van der Waals surface area contributed by atoms with Crippen LogP contribution in [0.4, 0.5) is 13.2 Å². The van der Waals surface area contributed by atoms with Crippen molar-refractivity contribution in [2.24, 2.45) is 0 Å². The highest BCUT2D eigenvalue weighted by Gasteiger charge is 2.48. The maximum atomic E-state index is 15.0. The third-order valence-electron chi connectivity index (χ3n) is 6.04. The molecule has 2 atom stereocenters. The fourth-order valence-electron chi connectivity index (χ4n) is 4.43. The maximum Gasteiger partial charge on any atom is 0.132 e. The lowest BCUT2D eigenvalue weighted by Gasteiger charge is -2.43. The van der Waals surface area contributed by atoms with Crippen LogP contribution in [0.5, 0.6) is 0 Å². The second-order valence-corrected chi connectivity index (χ2v) is 8.94. The maximum absolute atomic E-state index is 15.0. The molecular formula is C21H19BrF3N3. The molecule has 0 bridgehead atoms. The molecule has 0 spiro atoms. The molecule has 7 heteroatoms. The fraction of sp³-hybridized carbons (Fsp3) is 0.381. The van der Waals surface area contributed by atoms with Gasteiger partial charge in [0.1, 0.15) is 17.3 Å². The minimum Gasteiger partial charge on any atom is -0.286 e. The van der Waals surface area contributed by atoms with Gasteiger partial charge in [0.05, 0.1) is 17.8 Å². The number of hydrogen-bond acceptors (Lipinski definition) is 2. The minimum atomic E-state index is -1.26. The molecule has 0 saturated heterocycles. The Kier molecular flexibility index (Phi) is 4.11. The quantitative estimate of drug-likeness (QED) is 0.576. The van der Waals surface area contributed by atoms with E-state index in [0.717, 1.165) is 22.0 Å². The summed E-state index contributed by atoms with van der Waals surface area (Å²) in [4.78, 5) is 1.93. The number of aromatic nitrogens is 2. The molecule has 2 aromatic carbocycles. The van der Waals surface area contributed by atoms with Crippen LogP contribution in [0.25, 0.3) is 10.9 Å². The van der Waals surface area contributed by atoms with Crippen molar-refractivity contribution in [1.82, 2.24) is 15.1 Å². The summed E-state index contributed by atoms with van der Waals surface area (Å²) in [7, 11) is 0. The Hall–Kier alpha value is -1.86. The van der Waals surface area contributed by atoms with E-state index in [-0.39, 0.29) is 18.2 Å². The number of fused-ring (bicyclic) bond motifs is 3. The van der Waals surface area contributed by atoms with E-state index in [1.54, 1.807) is 6.20 Å². The molecule has 1 saturated carbocycles. The van der Waals surface area contributed by atoms with Crippen LogP contribution in [0.3, 0.4) is 0 Å². The number of aromatic amines is 1. The lowest BCUT2D eigenvalue weighted by molar-refractivity contribution is 0.0952. The molecule has 28 heavy (non-hydrogen) atoms. The van der Waals surface area contributed by atoms with Crippen LogP contribution in [0.2, 0.25) is 0 Å². The van der Waals surface area contributed by atoms with E-state index in [1.807, 2.05) is 24.0 Å². The van der Waals surface area contributed by atoms with Crippen molar-refractivity contribution >= 4 is 26.8 Å². The summed E-state index contributed by atoms with van der Waals surface area (Å²) in [6.45, 7) is 2.17. The van der Waals surface area contributed by atoms with Gasteiger partial charge in [-0.1, -0.05) is 22.0 Å². The number of rotatable bonds is 3. The van der Waals surface area contributed by atoms with Crippen LogP contribution in [0.15, 0.2) is 34.9 Å². The topological polar surface area (TPSA) is 31.9 Å². The number of nitrogens with one attached hydrogen (secondary N) is 1. The molecule has 0 amide bonds. The molecule has 3 aromatic rings. The zero-order valence-electron chi connectivity index (χ0n) is 15.3. The number of H-pyrrole nitrogens is 1. The molecule has 1 unspecified atom stereocenters. The summed E-state index contributed by atoms with van der Waals surface area (Å²) in [6, 6.07) is 5.56. The molecule has 3 nitrogen and oxygen atoms in total. The van der Waals surface area contributed by atoms with Crippen LogP contribution in [0, 0.1) is 11.6 Å². The normalized spacial score (nSPS) is 23.8. The third kappa shape index (κ3) is 2.87. The highest BCUT2D eigenvalue weighted by atomic mass is 79.9. The number of hydrogen-bond donors (Lipinski definition) is 1. The van der Waals surface area contributed by atoms with Gasteiger partial charge in [-0.2, -0.15) is 5.10 Å². The minimum absolute atomic E-state index is 0.0249. The van der Waals surface area contributed by atoms with Gasteiger partial charge < -0.3 is 0 Å². The van der Waals surface area contributed by atoms with E-state index in [2.05, 4.69) is 26.1 Å². The van der Waals surface area contributed by atoms with Crippen molar-refractivity contribution in [2.75, 3.05) is 6.54 Å². The highest BCUT2D eigenvalue weighted by Crippen LogP contribution is 2.47. The van der Waals surface area contributed by atoms with E-state index in [4.69, 9.17) is 0 Å². The van der Waals surface area contributed by atoms with Gasteiger partial charge in [-0.3, -0.25) is 10.00 Å². The number of benzene rings is 2. The third-order valence-corrected chi connectivity index (χ3v) is 6.50. The molecule has 1 fully saturated rings. The summed E-state index contributed by atoms with van der Waals surface area (Å²) >= 11 is 3.15. The molecule has 146 valence electrons. The van der Waals surface area contributed by atoms with Gasteiger partial charge in [-0.05, 0) is 55.5 Å². The van der Waals surface area contributed by atoms with E-state index < -0.39 is 23.3 Å². The Balaban J connectivity index is 1.74. The predicted molar refractivity (Wildman–Crippen MR) is 105 cm³/mol. The Labute approximate surface area is 169 Å². The Morgan fingerprint density at radius 1 is 1.25 bits per heavy atom. The molecule has 2 aliphatic rings. The van der Waals surface area contributed by atoms with E-state index in [0.29, 0.717) is 23.7 Å². The number of nitrogens with zero attached hydrogens (tertiary/aromatic N) is 2. The lowest BCUT2D eigenvalue weighted by atomic mass is 9.83. The van der Waals surface area contributed by atoms with Gasteiger partial charge in [-0.15, -0.1) is 0 Å². The lowest BCUT2D eigenvalue weighted by Crippen LogP contribution is -2.46. The highest BCUT2D eigenvalue weighted by molar-refractivity contribution is 9.10. The molecule has 1 aliphatic heterocycles. The average Bonchev–Trinajstić information content (AvgIpc) is 3.15. The summed E-state index contributed by atoms with van der Waals surface area (Å²) in [6.07, 6.45) is 3.43. The first kappa shape index (κ1) is 18.2. The Morgan fingerprint density at radius 2 is 1.96 bits per heavy atom. The monoisotopic (exact) mass is 449 g/mol. The van der Waals surface area contributed by atoms with Crippen LogP contribution in [-0.2, 0) is 6.42 Å². The first-order chi connectivity index (χ1) is 13.4. The molecule has 0 radical (unpaired) electrons. The first-order valence-electron chi connectivity index (χ1n) is 9.40. The molecule has 5 rings (SSSR count). The second kappa shape index (κ2) is 6.32. The molecule has 1 aromatic heterocycles. The second-order valence-electron chi connectivity index (χ2n) is 8.03. The zero-order chi connectivity index (χ0) is 19.6. The summed E-state index contributed by atoms with van der Waals surface area (Å²) < 4.78 is 45.1. The Bertz CT molecular complexity index is 1050. The Morgan fingerprint density at radius 3 is 2.64 bits per heavy atom. The molecule has 2 heterocycles. The largest absolute Gasteiger partial charge is 0.286 e. The average molecular weight is 450 g/mol. The van der Waals surface area contributed by atoms with Crippen LogP contribution >= 0.6 is 15.9 Å². The fourth-order valence-corrected chi connectivity index (χ4v) is 4.83. The summed E-state index contributed by atoms with van der Waals surface area (Å²) in [5.74, 6) is -1.25. The SMILES string of the molecule is C[C@@H]1Cc2c(ccc3[nH]ncc23)C(c2c(F)cc(Br)cc2F)N1CC1(F)CC1. The van der Waals surface area contributed by atoms with Crippen molar-refractivity contribution in [3.63, 3.8) is 0 Å². The van der Waals surface area contributed by atoms with E-state index >= 15 is 0 Å². The summed E-state index contributed by atoms with van der Waals surface area (Å²) in [5, 5.41) is 8.02. The predicted octanol–water partition coefficient (Wildman–Crippen LogP) is 5.44. The van der Waals surface area contributed by atoms with Gasteiger partial charge in [0.15, 0.2) is 0 Å². The van der Waals surface area contributed by atoms with Crippen molar-refractivity contribution in [3.8, 4) is 0 Å². The van der Waals surface area contributed by atoms with Crippen molar-refractivity contribution in [3.05, 3.63) is 63.3 Å². The molecule has 1 N–H and O–H groups in total. The number of halogens is 4. The van der Waals surface area contributed by atoms with Gasteiger partial charge in [-0.25, -0.2) is 13.2 Å². The summed E-state index contributed by atoms with van der Waals surface area (Å²) in [5.41, 5.74) is 1.44. The van der Waals surface area contributed by atoms with Crippen LogP contribution in [-0.4, -0.2) is 33.4 Å². The standard InChI is InChI=1S/C21H19BrF3N3/c1-11-6-14-13(2-3-18-15(14)9-26-27-18)20(28(11)10-21(25)4-5-21)19-16(23)7-12(22)8-17(19)24/h2-3,7-9,11,20H,4-6,10H2,1H3,(H,26,27)/t11-,20?/m1/s1. The van der Waals surface area contributed by atoms with E-state index in [9.17, 15) is 13.2 Å². The van der Waals surface area contributed by atoms with Crippen LogP contribution in [0.1, 0.15) is 42.5 Å². The van der Waals surface area contributed by atoms with Gasteiger partial charge in [0, 0.05) is 28.0 Å².